The van der Waals surface area contributed by atoms with Gasteiger partial charge >= 0.3 is 0 Å². The fraction of sp³-hybridized carbons (Fsp3) is 0.625. The molecule has 0 aliphatic rings. The van der Waals surface area contributed by atoms with Gasteiger partial charge in [-0.3, -0.25) is 0 Å². The topological polar surface area (TPSA) is 38.5 Å². The average Bonchev–Trinajstić information content (AvgIpc) is 2.42. The van der Waals surface area contributed by atoms with Crippen molar-refractivity contribution < 1.29 is 4.74 Å². The summed E-state index contributed by atoms with van der Waals surface area (Å²) in [5.41, 5.74) is 7.14. The monoisotopic (exact) mass is 264 g/mol. The van der Waals surface area contributed by atoms with E-state index in [-0.39, 0.29) is 0 Å². The summed E-state index contributed by atoms with van der Waals surface area (Å²) in [6.45, 7) is 7.37. The third kappa shape index (κ3) is 5.62. The highest BCUT2D eigenvalue weighted by Crippen LogP contribution is 2.14. The Morgan fingerprint density at radius 1 is 1.32 bits per heavy atom. The fourth-order valence-corrected chi connectivity index (χ4v) is 2.20. The van der Waals surface area contributed by atoms with E-state index in [4.69, 9.17) is 10.5 Å². The van der Waals surface area contributed by atoms with Crippen molar-refractivity contribution in [1.82, 2.24) is 4.90 Å². The molecule has 0 aliphatic heterocycles. The molecular weight excluding hydrogens is 236 g/mol. The lowest BCUT2D eigenvalue weighted by Crippen LogP contribution is -2.34. The van der Waals surface area contributed by atoms with Gasteiger partial charge in [-0.2, -0.15) is 0 Å². The van der Waals surface area contributed by atoms with Crippen LogP contribution in [-0.4, -0.2) is 38.7 Å². The molecule has 0 bridgehead atoms. The SMILES string of the molecule is COc1cccc(CCN(C)CC(CN)C(C)C)c1. The van der Waals surface area contributed by atoms with Crippen LogP contribution in [-0.2, 0) is 6.42 Å². The van der Waals surface area contributed by atoms with Crippen molar-refractivity contribution in [2.24, 2.45) is 17.6 Å². The zero-order valence-electron chi connectivity index (χ0n) is 12.7. The van der Waals surface area contributed by atoms with E-state index < -0.39 is 0 Å². The van der Waals surface area contributed by atoms with Gasteiger partial charge in [0.2, 0.25) is 0 Å². The summed E-state index contributed by atoms with van der Waals surface area (Å²) in [7, 11) is 3.88. The second-order valence-corrected chi connectivity index (χ2v) is 5.60. The van der Waals surface area contributed by atoms with Gasteiger partial charge in [-0.25, -0.2) is 0 Å². The van der Waals surface area contributed by atoms with E-state index >= 15 is 0 Å². The van der Waals surface area contributed by atoms with E-state index in [9.17, 15) is 0 Å². The number of ether oxygens (including phenoxy) is 1. The highest BCUT2D eigenvalue weighted by molar-refractivity contribution is 5.28. The Bertz CT molecular complexity index is 366. The molecule has 2 N–H and O–H groups in total. The van der Waals surface area contributed by atoms with Crippen LogP contribution in [0.5, 0.6) is 5.75 Å². The minimum atomic E-state index is 0.579. The predicted octanol–water partition coefficient (Wildman–Crippen LogP) is 2.40. The van der Waals surface area contributed by atoms with Gasteiger partial charge in [-0.15, -0.1) is 0 Å². The lowest BCUT2D eigenvalue weighted by molar-refractivity contribution is 0.242. The van der Waals surface area contributed by atoms with Crippen LogP contribution < -0.4 is 10.5 Å². The number of rotatable bonds is 8. The molecule has 0 aromatic heterocycles. The minimum absolute atomic E-state index is 0.579. The maximum Gasteiger partial charge on any atom is 0.119 e. The van der Waals surface area contributed by atoms with Crippen molar-refractivity contribution in [2.75, 3.05) is 33.8 Å². The number of likely N-dealkylation sites (N-methyl/N-ethyl adjacent to an activating group) is 1. The van der Waals surface area contributed by atoms with Gasteiger partial charge in [0.15, 0.2) is 0 Å². The second kappa shape index (κ2) is 8.18. The summed E-state index contributed by atoms with van der Waals surface area (Å²) in [6, 6.07) is 8.29. The summed E-state index contributed by atoms with van der Waals surface area (Å²) >= 11 is 0. The molecule has 1 atom stereocenters. The van der Waals surface area contributed by atoms with E-state index in [1.807, 2.05) is 12.1 Å². The first-order valence-corrected chi connectivity index (χ1v) is 7.08. The first-order chi connectivity index (χ1) is 9.06. The highest BCUT2D eigenvalue weighted by atomic mass is 16.5. The molecule has 3 nitrogen and oxygen atoms in total. The molecule has 1 unspecified atom stereocenters. The van der Waals surface area contributed by atoms with Crippen LogP contribution in [0.15, 0.2) is 24.3 Å². The Hall–Kier alpha value is -1.06. The first-order valence-electron chi connectivity index (χ1n) is 7.08. The van der Waals surface area contributed by atoms with Crippen LogP contribution >= 0.6 is 0 Å². The Morgan fingerprint density at radius 2 is 2.05 bits per heavy atom. The summed E-state index contributed by atoms with van der Waals surface area (Å²) in [5.74, 6) is 2.15. The molecule has 108 valence electrons. The average molecular weight is 264 g/mol. The van der Waals surface area contributed by atoms with E-state index in [1.54, 1.807) is 7.11 Å². The van der Waals surface area contributed by atoms with E-state index in [1.165, 1.54) is 5.56 Å². The van der Waals surface area contributed by atoms with Crippen molar-refractivity contribution >= 4 is 0 Å². The molecular formula is C16H28N2O. The van der Waals surface area contributed by atoms with Crippen LogP contribution in [0.25, 0.3) is 0 Å². The lowest BCUT2D eigenvalue weighted by Gasteiger charge is -2.25. The Labute approximate surface area is 117 Å². The Kier molecular flexibility index (Phi) is 6.89. The van der Waals surface area contributed by atoms with Crippen LogP contribution in [0.1, 0.15) is 19.4 Å². The van der Waals surface area contributed by atoms with Crippen LogP contribution in [0.2, 0.25) is 0 Å². The summed E-state index contributed by atoms with van der Waals surface area (Å²) in [6.07, 6.45) is 1.04. The smallest absolute Gasteiger partial charge is 0.119 e. The fourth-order valence-electron chi connectivity index (χ4n) is 2.20. The van der Waals surface area contributed by atoms with Crippen molar-refractivity contribution in [3.8, 4) is 5.75 Å². The van der Waals surface area contributed by atoms with Crippen LogP contribution in [0.3, 0.4) is 0 Å². The Balaban J connectivity index is 2.42. The molecule has 0 amide bonds. The molecule has 1 aromatic carbocycles. The van der Waals surface area contributed by atoms with Gasteiger partial charge in [0.25, 0.3) is 0 Å². The number of nitrogens with zero attached hydrogens (tertiary/aromatic N) is 1. The third-order valence-corrected chi connectivity index (χ3v) is 3.71. The van der Waals surface area contributed by atoms with Crippen molar-refractivity contribution in [3.63, 3.8) is 0 Å². The van der Waals surface area contributed by atoms with Crippen molar-refractivity contribution in [1.29, 1.82) is 0 Å². The molecule has 0 spiro atoms. The second-order valence-electron chi connectivity index (χ2n) is 5.60. The summed E-state index contributed by atoms with van der Waals surface area (Å²) in [5, 5.41) is 0. The molecule has 3 heteroatoms. The molecule has 0 saturated heterocycles. The standard InChI is InChI=1S/C16H28N2O/c1-13(2)15(11-17)12-18(3)9-8-14-6-5-7-16(10-14)19-4/h5-7,10,13,15H,8-9,11-12,17H2,1-4H3. The first kappa shape index (κ1) is 16.0. The molecule has 19 heavy (non-hydrogen) atoms. The highest BCUT2D eigenvalue weighted by Gasteiger charge is 2.13. The van der Waals surface area contributed by atoms with Crippen molar-refractivity contribution in [2.45, 2.75) is 20.3 Å². The molecule has 0 heterocycles. The normalized spacial score (nSPS) is 13.0. The van der Waals surface area contributed by atoms with Crippen LogP contribution in [0, 0.1) is 11.8 Å². The van der Waals surface area contributed by atoms with Gasteiger partial charge in [0.1, 0.15) is 5.75 Å². The number of methoxy groups -OCH3 is 1. The Morgan fingerprint density at radius 3 is 2.63 bits per heavy atom. The quantitative estimate of drug-likeness (QED) is 0.783. The zero-order valence-corrected chi connectivity index (χ0v) is 12.7. The largest absolute Gasteiger partial charge is 0.497 e. The minimum Gasteiger partial charge on any atom is -0.497 e. The maximum atomic E-state index is 5.82. The summed E-state index contributed by atoms with van der Waals surface area (Å²) in [4.78, 5) is 2.37. The van der Waals surface area contributed by atoms with Gasteiger partial charge in [0.05, 0.1) is 7.11 Å². The molecule has 0 fully saturated rings. The zero-order chi connectivity index (χ0) is 14.3. The molecule has 1 aromatic rings. The van der Waals surface area contributed by atoms with E-state index in [2.05, 4.69) is 37.9 Å². The molecule has 0 radical (unpaired) electrons. The van der Waals surface area contributed by atoms with Gasteiger partial charge in [-0.1, -0.05) is 26.0 Å². The van der Waals surface area contributed by atoms with Crippen LogP contribution in [0.4, 0.5) is 0 Å². The lowest BCUT2D eigenvalue weighted by atomic mass is 9.95. The van der Waals surface area contributed by atoms with Gasteiger partial charge in [-0.05, 0) is 49.5 Å². The number of nitrogens with two attached hydrogens (primary N) is 1. The van der Waals surface area contributed by atoms with E-state index in [0.29, 0.717) is 11.8 Å². The predicted molar refractivity (Wildman–Crippen MR) is 81.6 cm³/mol. The number of benzene rings is 1. The van der Waals surface area contributed by atoms with Crippen molar-refractivity contribution in [3.05, 3.63) is 29.8 Å². The number of hydrogen-bond donors (Lipinski definition) is 1. The van der Waals surface area contributed by atoms with E-state index in [0.717, 1.165) is 31.8 Å². The van der Waals surface area contributed by atoms with Gasteiger partial charge < -0.3 is 15.4 Å². The molecule has 1 rings (SSSR count). The molecule has 0 aliphatic carbocycles. The molecule has 0 saturated carbocycles. The third-order valence-electron chi connectivity index (χ3n) is 3.71. The maximum absolute atomic E-state index is 5.82. The summed E-state index contributed by atoms with van der Waals surface area (Å²) < 4.78 is 5.24. The number of hydrogen-bond acceptors (Lipinski definition) is 3. The van der Waals surface area contributed by atoms with Gasteiger partial charge in [0, 0.05) is 13.1 Å².